The van der Waals surface area contributed by atoms with Crippen molar-refractivity contribution in [2.24, 2.45) is 0 Å². The Morgan fingerprint density at radius 1 is 1.40 bits per heavy atom. The zero-order valence-electron chi connectivity index (χ0n) is 12.6. The SMILES string of the molecule is O=[N+]([O-])c1cccc(S(=O)(=O)NCCCOc2nc(Cl)ncc2Br)c1. The molecule has 1 N–H and O–H groups in total. The average Bonchev–Trinajstić information content (AvgIpc) is 2.57. The molecule has 2 aromatic rings. The number of sulfonamides is 1. The molecule has 2 rings (SSSR count). The molecule has 25 heavy (non-hydrogen) atoms. The lowest BCUT2D eigenvalue weighted by Gasteiger charge is -2.08. The minimum atomic E-state index is -3.84. The third kappa shape index (κ3) is 5.59. The van der Waals surface area contributed by atoms with E-state index in [0.29, 0.717) is 10.9 Å². The van der Waals surface area contributed by atoms with Crippen LogP contribution in [0, 0.1) is 10.1 Å². The summed E-state index contributed by atoms with van der Waals surface area (Å²) >= 11 is 8.86. The molecular formula is C13H12BrClN4O5S. The van der Waals surface area contributed by atoms with Crippen LogP contribution in [0.5, 0.6) is 5.88 Å². The summed E-state index contributed by atoms with van der Waals surface area (Å²) < 4.78 is 32.5. The number of hydrogen-bond acceptors (Lipinski definition) is 7. The number of nitro groups is 1. The van der Waals surface area contributed by atoms with Gasteiger partial charge in [0.15, 0.2) is 0 Å². The Hall–Kier alpha value is -1.82. The van der Waals surface area contributed by atoms with Crippen LogP contribution >= 0.6 is 27.5 Å². The highest BCUT2D eigenvalue weighted by atomic mass is 79.9. The summed E-state index contributed by atoms with van der Waals surface area (Å²) in [6, 6.07) is 4.81. The van der Waals surface area contributed by atoms with Gasteiger partial charge in [0, 0.05) is 24.9 Å². The molecule has 1 heterocycles. The summed E-state index contributed by atoms with van der Waals surface area (Å²) in [5.74, 6) is 0.251. The van der Waals surface area contributed by atoms with Crippen LogP contribution in [0.15, 0.2) is 39.8 Å². The number of nitrogens with one attached hydrogen (secondary N) is 1. The van der Waals surface area contributed by atoms with E-state index >= 15 is 0 Å². The zero-order chi connectivity index (χ0) is 18.4. The van der Waals surface area contributed by atoms with Gasteiger partial charge in [-0.2, -0.15) is 4.98 Å². The summed E-state index contributed by atoms with van der Waals surface area (Å²) in [4.78, 5) is 17.5. The van der Waals surface area contributed by atoms with Crippen molar-refractivity contribution >= 4 is 43.2 Å². The first-order valence-electron chi connectivity index (χ1n) is 6.84. The van der Waals surface area contributed by atoms with Crippen LogP contribution in [-0.4, -0.2) is 36.5 Å². The van der Waals surface area contributed by atoms with Gasteiger partial charge in [-0.05, 0) is 40.0 Å². The third-order valence-electron chi connectivity index (χ3n) is 2.87. The molecule has 9 nitrogen and oxygen atoms in total. The predicted molar refractivity (Wildman–Crippen MR) is 93.1 cm³/mol. The standard InChI is InChI=1S/C13H12BrClN4O5S/c14-11-8-16-13(15)18-12(11)24-6-2-5-17-25(22,23)10-4-1-3-9(7-10)19(20)21/h1,3-4,7-8,17H,2,5-6H2. The van der Waals surface area contributed by atoms with Crippen LogP contribution in [0.3, 0.4) is 0 Å². The monoisotopic (exact) mass is 450 g/mol. The maximum absolute atomic E-state index is 12.1. The van der Waals surface area contributed by atoms with Crippen LogP contribution in [-0.2, 0) is 10.0 Å². The molecule has 0 aliphatic carbocycles. The van der Waals surface area contributed by atoms with Crippen molar-refractivity contribution in [1.82, 2.24) is 14.7 Å². The van der Waals surface area contributed by atoms with E-state index in [1.807, 2.05) is 0 Å². The normalized spacial score (nSPS) is 11.3. The Labute approximate surface area is 156 Å². The summed E-state index contributed by atoms with van der Waals surface area (Å²) in [5.41, 5.74) is -0.295. The quantitative estimate of drug-likeness (QED) is 0.283. The molecule has 0 radical (unpaired) electrons. The summed E-state index contributed by atoms with van der Waals surface area (Å²) in [6.07, 6.45) is 1.79. The Balaban J connectivity index is 1.87. The Kier molecular flexibility index (Phi) is 6.64. The number of hydrogen-bond donors (Lipinski definition) is 1. The number of nitrogens with zero attached hydrogens (tertiary/aromatic N) is 3. The maximum atomic E-state index is 12.1. The Morgan fingerprint density at radius 2 is 2.16 bits per heavy atom. The van der Waals surface area contributed by atoms with Gasteiger partial charge in [0.1, 0.15) is 0 Å². The molecule has 0 saturated carbocycles. The largest absolute Gasteiger partial charge is 0.477 e. The fourth-order valence-corrected chi connectivity index (χ4v) is 3.27. The van der Waals surface area contributed by atoms with Crippen molar-refractivity contribution in [2.75, 3.05) is 13.2 Å². The molecule has 0 amide bonds. The van der Waals surface area contributed by atoms with Crippen molar-refractivity contribution in [3.05, 3.63) is 50.3 Å². The van der Waals surface area contributed by atoms with E-state index in [1.54, 1.807) is 0 Å². The summed E-state index contributed by atoms with van der Waals surface area (Å²) in [7, 11) is -3.84. The van der Waals surface area contributed by atoms with Crippen LogP contribution in [0.1, 0.15) is 6.42 Å². The first kappa shape index (κ1) is 19.5. The van der Waals surface area contributed by atoms with E-state index in [0.717, 1.165) is 6.07 Å². The summed E-state index contributed by atoms with van der Waals surface area (Å²) in [5, 5.41) is 10.7. The molecule has 0 saturated heterocycles. The molecule has 0 spiro atoms. The van der Waals surface area contributed by atoms with E-state index in [9.17, 15) is 18.5 Å². The van der Waals surface area contributed by atoms with Gasteiger partial charge < -0.3 is 4.74 Å². The van der Waals surface area contributed by atoms with Crippen molar-refractivity contribution in [1.29, 1.82) is 0 Å². The maximum Gasteiger partial charge on any atom is 0.270 e. The number of ether oxygens (including phenoxy) is 1. The lowest BCUT2D eigenvalue weighted by Crippen LogP contribution is -2.26. The van der Waals surface area contributed by atoms with Crippen molar-refractivity contribution in [3.8, 4) is 5.88 Å². The molecule has 1 aromatic heterocycles. The van der Waals surface area contributed by atoms with Crippen molar-refractivity contribution in [2.45, 2.75) is 11.3 Å². The average molecular weight is 452 g/mol. The van der Waals surface area contributed by atoms with Gasteiger partial charge in [0.25, 0.3) is 5.69 Å². The smallest absolute Gasteiger partial charge is 0.270 e. The van der Waals surface area contributed by atoms with Crippen LogP contribution in [0.2, 0.25) is 5.28 Å². The highest BCUT2D eigenvalue weighted by molar-refractivity contribution is 9.10. The number of halogens is 2. The lowest BCUT2D eigenvalue weighted by atomic mass is 10.3. The lowest BCUT2D eigenvalue weighted by molar-refractivity contribution is -0.385. The summed E-state index contributed by atoms with van der Waals surface area (Å²) in [6.45, 7) is 0.269. The highest BCUT2D eigenvalue weighted by Gasteiger charge is 2.17. The fourth-order valence-electron chi connectivity index (χ4n) is 1.73. The number of rotatable bonds is 8. The molecular weight excluding hydrogens is 440 g/mol. The first-order chi connectivity index (χ1) is 11.8. The Morgan fingerprint density at radius 3 is 2.88 bits per heavy atom. The molecule has 1 aromatic carbocycles. The zero-order valence-corrected chi connectivity index (χ0v) is 15.7. The van der Waals surface area contributed by atoms with Gasteiger partial charge in [-0.3, -0.25) is 10.1 Å². The molecule has 0 aliphatic rings. The number of aromatic nitrogens is 2. The van der Waals surface area contributed by atoms with Crippen molar-refractivity contribution < 1.29 is 18.1 Å². The van der Waals surface area contributed by atoms with Gasteiger partial charge in [-0.15, -0.1) is 0 Å². The van der Waals surface area contributed by atoms with Gasteiger partial charge >= 0.3 is 0 Å². The topological polar surface area (TPSA) is 124 Å². The number of nitro benzene ring substituents is 1. The molecule has 0 aliphatic heterocycles. The fraction of sp³-hybridized carbons (Fsp3) is 0.231. The van der Waals surface area contributed by atoms with Gasteiger partial charge in [-0.1, -0.05) is 6.07 Å². The van der Waals surface area contributed by atoms with Crippen molar-refractivity contribution in [3.63, 3.8) is 0 Å². The van der Waals surface area contributed by atoms with E-state index in [-0.39, 0.29) is 34.9 Å². The second kappa shape index (κ2) is 8.52. The number of benzene rings is 1. The second-order valence-corrected chi connectivity index (χ2v) is 7.61. The van der Waals surface area contributed by atoms with E-state index in [1.165, 1.54) is 24.4 Å². The molecule has 0 unspecified atom stereocenters. The highest BCUT2D eigenvalue weighted by Crippen LogP contribution is 2.22. The van der Waals surface area contributed by atoms with Gasteiger partial charge in [0.05, 0.1) is 20.9 Å². The Bertz CT molecular complexity index is 880. The van der Waals surface area contributed by atoms with Crippen LogP contribution < -0.4 is 9.46 Å². The third-order valence-corrected chi connectivity index (χ3v) is 5.06. The second-order valence-electron chi connectivity index (χ2n) is 4.65. The van der Waals surface area contributed by atoms with Crippen LogP contribution in [0.25, 0.3) is 0 Å². The van der Waals surface area contributed by atoms with Gasteiger partial charge in [0.2, 0.25) is 21.2 Å². The molecule has 12 heteroatoms. The minimum absolute atomic E-state index is 0.0320. The molecule has 0 fully saturated rings. The molecule has 0 bridgehead atoms. The van der Waals surface area contributed by atoms with E-state index in [2.05, 4.69) is 30.6 Å². The van der Waals surface area contributed by atoms with Crippen LogP contribution in [0.4, 0.5) is 5.69 Å². The first-order valence-corrected chi connectivity index (χ1v) is 9.50. The predicted octanol–water partition coefficient (Wildman–Crippen LogP) is 2.55. The minimum Gasteiger partial charge on any atom is -0.477 e. The molecule has 0 atom stereocenters. The van der Waals surface area contributed by atoms with E-state index in [4.69, 9.17) is 16.3 Å². The van der Waals surface area contributed by atoms with Gasteiger partial charge in [-0.25, -0.2) is 18.1 Å². The van der Waals surface area contributed by atoms with E-state index < -0.39 is 14.9 Å². The molecule has 134 valence electrons. The number of non-ortho nitro benzene ring substituents is 1.